The number of ether oxygens (including phenoxy) is 1. The molecule has 28 nitrogen and oxygen atoms in total. The number of aromatic nitrogens is 10. The third-order valence-corrected chi connectivity index (χ3v) is 16.4. The normalized spacial score (nSPS) is 10.9. The molecule has 0 saturated heterocycles. The summed E-state index contributed by atoms with van der Waals surface area (Å²) in [7, 11) is 30.9. The molecule has 13 rings (SSSR count). The van der Waals surface area contributed by atoms with E-state index < -0.39 is 0 Å². The molecule has 7 aromatic carbocycles. The lowest BCUT2D eigenvalue weighted by Crippen LogP contribution is -2.25. The number of nitrogens with one attached hydrogen (secondary N) is 2. The van der Waals surface area contributed by atoms with Crippen molar-refractivity contribution in [3.8, 4) is 5.75 Å². The van der Waals surface area contributed by atoms with Crippen LogP contribution in [0.2, 0.25) is 0 Å². The number of rotatable bonds is 19. The van der Waals surface area contributed by atoms with Crippen LogP contribution in [0.15, 0.2) is 326 Å². The smallest absolute Gasteiger partial charge is 0.421 e. The monoisotopic (exact) mass is 1480 g/mol. The average molecular weight is 1480 g/mol. The summed E-state index contributed by atoms with van der Waals surface area (Å²) in [6.45, 7) is 0. The molecule has 0 aliphatic rings. The van der Waals surface area contributed by atoms with E-state index in [1.54, 1.807) is 19.2 Å². The molecule has 0 spiro atoms. The molecule has 0 unspecified atom stereocenters. The van der Waals surface area contributed by atoms with Gasteiger partial charge in [-0.1, -0.05) is 38.7 Å². The molecule has 0 saturated carbocycles. The minimum absolute atomic E-state index is 0.725. The minimum atomic E-state index is 0.725. The SMILES string of the molecule is CN(C)c1ccc(N=Nc2n(C)cc[n+]2C)cc1.CN(N=Cc1cc[n+](C)cc1)c1ccccc1.CNc1ccc(N=Nc2n(C)cc[n+]2C)cc1.COc1ccc(N(C)N=Cc2cc[n+](C)cc2)cc1.Cn1cc[n+](C)c1N=Nc1ccc(N)cc1.Cn1cc[n+](C)c1N=Nc1ccc(Nc2ccc(N)cc2)cc1. The summed E-state index contributed by atoms with van der Waals surface area (Å²) in [6, 6.07) is 64.4. The number of benzene rings is 7. The predicted molar refractivity (Wildman–Crippen MR) is 438 cm³/mol. The Hall–Kier alpha value is -14.2. The van der Waals surface area contributed by atoms with Gasteiger partial charge in [-0.2, -0.15) is 10.2 Å². The highest BCUT2D eigenvalue weighted by Crippen LogP contribution is 2.25. The van der Waals surface area contributed by atoms with Crippen LogP contribution in [0.4, 0.5) is 92.0 Å². The molecule has 0 bridgehead atoms. The molecular formula is C82H101N27O+6. The van der Waals surface area contributed by atoms with Crippen LogP contribution >= 0.6 is 0 Å². The second-order valence-corrected chi connectivity index (χ2v) is 25.3. The lowest BCUT2D eigenvalue weighted by Gasteiger charge is -2.12. The number of azo groups is 4. The third kappa shape index (κ3) is 26.1. The Morgan fingerprint density at radius 3 is 0.973 bits per heavy atom. The Balaban J connectivity index is 0.000000167. The van der Waals surface area contributed by atoms with Crippen molar-refractivity contribution >= 4 is 104 Å². The Morgan fingerprint density at radius 2 is 0.655 bits per heavy atom. The number of methoxy groups -OCH3 is 1. The number of hydrogen-bond donors (Lipinski definition) is 4. The molecule has 6 N–H and O–H groups in total. The summed E-state index contributed by atoms with van der Waals surface area (Å²) in [6.07, 6.45) is 27.2. The van der Waals surface area contributed by atoms with E-state index in [4.69, 9.17) is 16.2 Å². The molecule has 0 aliphatic heterocycles. The molecule has 28 heteroatoms. The molecule has 13 aromatic rings. The van der Waals surface area contributed by atoms with E-state index in [1.807, 2.05) is 436 Å². The minimum Gasteiger partial charge on any atom is -0.497 e. The number of hydrogen-bond acceptors (Lipinski definition) is 18. The van der Waals surface area contributed by atoms with Crippen LogP contribution < -0.4 is 69.2 Å². The van der Waals surface area contributed by atoms with E-state index in [0.29, 0.717) is 0 Å². The summed E-state index contributed by atoms with van der Waals surface area (Å²) in [5.41, 5.74) is 24.4. The highest BCUT2D eigenvalue weighted by molar-refractivity contribution is 5.80. The number of para-hydroxylation sites is 1. The summed E-state index contributed by atoms with van der Waals surface area (Å²) in [4.78, 5) is 2.05. The van der Waals surface area contributed by atoms with Crippen molar-refractivity contribution in [3.63, 3.8) is 0 Å². The summed E-state index contributed by atoms with van der Waals surface area (Å²) in [5.74, 6) is 4.04. The molecule has 6 aromatic heterocycles. The van der Waals surface area contributed by atoms with Gasteiger partial charge in [0.25, 0.3) is 0 Å². The van der Waals surface area contributed by atoms with E-state index in [9.17, 15) is 0 Å². The highest BCUT2D eigenvalue weighted by atomic mass is 16.5. The van der Waals surface area contributed by atoms with Gasteiger partial charge in [0.05, 0.1) is 137 Å². The van der Waals surface area contributed by atoms with Gasteiger partial charge in [0.2, 0.25) is 0 Å². The van der Waals surface area contributed by atoms with Crippen molar-refractivity contribution in [2.75, 3.05) is 79.4 Å². The highest BCUT2D eigenvalue weighted by Gasteiger charge is 2.14. The number of pyridine rings is 2. The maximum absolute atomic E-state index is 5.68. The van der Waals surface area contributed by atoms with E-state index in [1.165, 1.54) is 0 Å². The summed E-state index contributed by atoms with van der Waals surface area (Å²) < 4.78 is 24.5. The lowest BCUT2D eigenvalue weighted by atomic mass is 10.2. The zero-order valence-corrected chi connectivity index (χ0v) is 65.5. The van der Waals surface area contributed by atoms with Gasteiger partial charge in [0.15, 0.2) is 24.8 Å². The molecule has 0 fully saturated rings. The molecule has 0 atom stereocenters. The van der Waals surface area contributed by atoms with Gasteiger partial charge < -0.3 is 31.7 Å². The third-order valence-electron chi connectivity index (χ3n) is 16.4. The van der Waals surface area contributed by atoms with Gasteiger partial charge in [0.1, 0.15) is 42.6 Å². The van der Waals surface area contributed by atoms with Crippen LogP contribution in [0, 0.1) is 0 Å². The number of imidazole rings is 4. The van der Waals surface area contributed by atoms with Crippen LogP contribution in [-0.4, -0.2) is 73.0 Å². The molecule has 6 heterocycles. The summed E-state index contributed by atoms with van der Waals surface area (Å²) in [5, 5.41) is 52.6. The van der Waals surface area contributed by atoms with Crippen LogP contribution in [0.25, 0.3) is 0 Å². The van der Waals surface area contributed by atoms with Gasteiger partial charge >= 0.3 is 23.8 Å². The van der Waals surface area contributed by atoms with Gasteiger partial charge in [-0.15, -0.1) is 0 Å². The first kappa shape index (κ1) is 81.5. The van der Waals surface area contributed by atoms with Gasteiger partial charge in [-0.05, 0) is 158 Å². The maximum Gasteiger partial charge on any atom is 0.421 e. The topological polar surface area (TPSA) is 262 Å². The van der Waals surface area contributed by atoms with Gasteiger partial charge in [0, 0.05) is 125 Å². The second-order valence-electron chi connectivity index (χ2n) is 25.3. The zero-order chi connectivity index (χ0) is 78.9. The van der Waals surface area contributed by atoms with Gasteiger partial charge in [-0.3, -0.25) is 10.0 Å². The fourth-order valence-electron chi connectivity index (χ4n) is 9.78. The quantitative estimate of drug-likeness (QED) is 0.0198. The van der Waals surface area contributed by atoms with Crippen molar-refractivity contribution in [2.24, 2.45) is 122 Å². The van der Waals surface area contributed by atoms with Crippen molar-refractivity contribution < 1.29 is 32.1 Å². The molecule has 110 heavy (non-hydrogen) atoms. The first-order valence-electron chi connectivity index (χ1n) is 35.0. The number of anilines is 8. The van der Waals surface area contributed by atoms with Crippen molar-refractivity contribution in [3.05, 3.63) is 286 Å². The van der Waals surface area contributed by atoms with Crippen molar-refractivity contribution in [1.29, 1.82) is 0 Å². The van der Waals surface area contributed by atoms with E-state index in [0.717, 1.165) is 109 Å². The number of aryl methyl sites for hydroxylation is 10. The Labute approximate surface area is 644 Å². The number of nitrogens with zero attached hydrogens (tertiary/aromatic N) is 23. The number of nitrogen functional groups attached to an aromatic ring is 2. The fraction of sp³-hybridized carbons (Fsp3) is 0.195. The Morgan fingerprint density at radius 1 is 0.355 bits per heavy atom. The standard InChI is InChI=1S/C17H18N6.C15H18N3O.C14H16N3.C13H18N5.C12H15N5.C11H13N5/c1-22-11-12-23(2)17(22)21-20-16-9-7-15(8-10-16)19-14-5-3-13(18)4-6-14;1-17-10-8-13(9-11-17)12-16-18(2)14-4-6-15(19-3)7-5-14;1-16-10-8-13(9-11-16)12-15-17(2)14-6-4-3-5-7-14;1-16(2)12-7-5-11(6-8-12)14-15-13-17(3)9-10-18(13)4;1-13-10-4-6-11(7-5-10)14-15-12-16(2)8-9-17(12)3;1-15-7-8-16(2)11(15)14-13-10-5-3-9(12)4-6-10/h3-12H,1-2H3,(H2,18,20);4-12H,1-3H3;3-12H,1-2H3;5-10H,1-4H3;4-9H,1-3H3;3-8,12H,1-2H3/q;3*+1;;/p+3. The van der Waals surface area contributed by atoms with Crippen molar-refractivity contribution in [1.82, 2.24) is 18.3 Å². The molecule has 564 valence electrons. The number of nitrogens with two attached hydrogens (primary N) is 2. The first-order chi connectivity index (χ1) is 53.0. The molecule has 0 radical (unpaired) electrons. The molecule has 0 aliphatic carbocycles. The van der Waals surface area contributed by atoms with Crippen LogP contribution in [0.5, 0.6) is 5.75 Å². The zero-order valence-electron chi connectivity index (χ0n) is 65.5. The Bertz CT molecular complexity index is 5020. The van der Waals surface area contributed by atoms with Gasteiger partial charge in [-0.25, -0.2) is 45.7 Å². The lowest BCUT2D eigenvalue weighted by molar-refractivity contribution is -0.671. The van der Waals surface area contributed by atoms with Crippen molar-refractivity contribution in [2.45, 2.75) is 0 Å². The van der Waals surface area contributed by atoms with E-state index in [-0.39, 0.29) is 0 Å². The summed E-state index contributed by atoms with van der Waals surface area (Å²) >= 11 is 0. The Kier molecular flexibility index (Phi) is 30.7. The largest absolute Gasteiger partial charge is 0.497 e. The molecular weight excluding hydrogens is 1380 g/mol. The van der Waals surface area contributed by atoms with Crippen LogP contribution in [-0.2, 0) is 70.5 Å². The maximum atomic E-state index is 5.68. The first-order valence-corrected chi connectivity index (χ1v) is 35.0. The second kappa shape index (κ2) is 41.5. The van der Waals surface area contributed by atoms with Crippen LogP contribution in [0.1, 0.15) is 11.1 Å². The predicted octanol–water partition coefficient (Wildman–Crippen LogP) is 14.0. The van der Waals surface area contributed by atoms with E-state index >= 15 is 0 Å². The fourth-order valence-corrected chi connectivity index (χ4v) is 9.78. The molecule has 0 amide bonds. The van der Waals surface area contributed by atoms with E-state index in [2.05, 4.69) is 66.7 Å². The average Bonchev–Trinajstić information content (AvgIpc) is 1.69. The van der Waals surface area contributed by atoms with Crippen LogP contribution in [0.3, 0.4) is 0 Å². The number of hydrazone groups is 2.